The van der Waals surface area contributed by atoms with Crippen molar-refractivity contribution in [3.05, 3.63) is 72.8 Å². The zero-order valence-corrected chi connectivity index (χ0v) is 56.5. The topological polar surface area (TPSA) is 158 Å². The number of benzene rings is 4. The van der Waals surface area contributed by atoms with Crippen LogP contribution in [0.3, 0.4) is 0 Å². The van der Waals surface area contributed by atoms with Crippen LogP contribution in [0.5, 0.6) is 34.5 Å². The lowest BCUT2D eigenvalue weighted by molar-refractivity contribution is -0.137. The molecule has 0 spiro atoms. The van der Waals surface area contributed by atoms with Crippen LogP contribution in [0.1, 0.15) is 311 Å². The van der Waals surface area contributed by atoms with E-state index in [1.54, 1.807) is 36.4 Å². The van der Waals surface area contributed by atoms with E-state index >= 15 is 0 Å². The molecule has 0 aliphatic rings. The monoisotopic (exact) mass is 1240 g/mol. The van der Waals surface area contributed by atoms with E-state index in [1.165, 1.54) is 0 Å². The number of ether oxygens (including phenoxy) is 6. The van der Waals surface area contributed by atoms with Crippen molar-refractivity contribution in [1.29, 1.82) is 0 Å². The molecule has 0 saturated heterocycles. The predicted molar refractivity (Wildman–Crippen MR) is 365 cm³/mol. The molecule has 498 valence electrons. The molecule has 0 N–H and O–H groups in total. The summed E-state index contributed by atoms with van der Waals surface area (Å²) in [5, 5.41) is 0. The first kappa shape index (κ1) is 76.2. The van der Waals surface area contributed by atoms with E-state index < -0.39 is 35.8 Å². The van der Waals surface area contributed by atoms with Crippen molar-refractivity contribution >= 4 is 35.8 Å². The van der Waals surface area contributed by atoms with Crippen LogP contribution in [0.15, 0.2) is 72.8 Å². The molecular weight excluding hydrogens is 1130 g/mol. The minimum absolute atomic E-state index is 0.116. The van der Waals surface area contributed by atoms with Crippen LogP contribution < -0.4 is 28.4 Å². The average molecular weight is 1240 g/mol. The molecule has 90 heavy (non-hydrogen) atoms. The molecule has 0 atom stereocenters. The Morgan fingerprint density at radius 1 is 0.200 bits per heavy atom. The summed E-state index contributed by atoms with van der Waals surface area (Å²) < 4.78 is 36.4. The van der Waals surface area contributed by atoms with Gasteiger partial charge in [-0.2, -0.15) is 0 Å². The second kappa shape index (κ2) is 47.6. The van der Waals surface area contributed by atoms with Crippen LogP contribution >= 0.6 is 0 Å². The molecule has 4 rings (SSSR count). The number of carbonyl (C=O) groups excluding carboxylic acids is 6. The smallest absolute Gasteiger partial charge is 0.311 e. The lowest BCUT2D eigenvalue weighted by Gasteiger charge is -2.17. The van der Waals surface area contributed by atoms with E-state index in [-0.39, 0.29) is 73.0 Å². The fourth-order valence-corrected chi connectivity index (χ4v) is 11.0. The number of rotatable bonds is 51. The molecule has 0 radical (unpaired) electrons. The van der Waals surface area contributed by atoms with Gasteiger partial charge in [-0.05, 0) is 127 Å². The Balaban J connectivity index is 1.89. The first-order chi connectivity index (χ1) is 43.9. The van der Waals surface area contributed by atoms with Gasteiger partial charge in [0.2, 0.25) is 0 Å². The van der Waals surface area contributed by atoms with E-state index in [0.29, 0.717) is 71.9 Å². The van der Waals surface area contributed by atoms with Gasteiger partial charge in [0.05, 0.1) is 0 Å². The number of carbonyl (C=O) groups is 6. The number of hydrogen-bond donors (Lipinski definition) is 0. The van der Waals surface area contributed by atoms with Crippen LogP contribution in [0.2, 0.25) is 0 Å². The third-order valence-electron chi connectivity index (χ3n) is 16.5. The van der Waals surface area contributed by atoms with E-state index in [0.717, 1.165) is 193 Å². The molecule has 12 heteroatoms. The quantitative estimate of drug-likeness (QED) is 0.0234. The molecule has 4 aromatic rings. The molecule has 4 aromatic carbocycles. The van der Waals surface area contributed by atoms with Crippen LogP contribution in [0, 0.1) is 0 Å². The van der Waals surface area contributed by atoms with Gasteiger partial charge in [-0.1, -0.05) is 252 Å². The Hall–Kier alpha value is -6.30. The third-order valence-corrected chi connectivity index (χ3v) is 16.5. The van der Waals surface area contributed by atoms with E-state index in [1.807, 2.05) is 36.4 Å². The van der Waals surface area contributed by atoms with E-state index in [2.05, 4.69) is 41.5 Å². The fourth-order valence-electron chi connectivity index (χ4n) is 11.0. The first-order valence-electron chi connectivity index (χ1n) is 35.7. The second-order valence-electron chi connectivity index (χ2n) is 24.7. The summed E-state index contributed by atoms with van der Waals surface area (Å²) in [5.41, 5.74) is 3.92. The Bertz CT molecular complexity index is 2400. The second-order valence-corrected chi connectivity index (χ2v) is 24.7. The summed E-state index contributed by atoms with van der Waals surface area (Å²) in [7, 11) is 0. The lowest BCUT2D eigenvalue weighted by Crippen LogP contribution is -2.12. The Kier molecular flexibility index (Phi) is 40.3. The minimum Gasteiger partial charge on any atom is -0.423 e. The van der Waals surface area contributed by atoms with Gasteiger partial charge in [-0.15, -0.1) is 0 Å². The molecule has 0 aliphatic heterocycles. The van der Waals surface area contributed by atoms with Crippen molar-refractivity contribution in [2.75, 3.05) is 0 Å². The highest BCUT2D eigenvalue weighted by atomic mass is 16.6. The maximum atomic E-state index is 13.7. The molecule has 0 fully saturated rings. The van der Waals surface area contributed by atoms with Crippen molar-refractivity contribution in [3.8, 4) is 67.9 Å². The van der Waals surface area contributed by atoms with Gasteiger partial charge < -0.3 is 28.4 Å². The van der Waals surface area contributed by atoms with Gasteiger partial charge in [0.1, 0.15) is 0 Å². The molecule has 0 aromatic heterocycles. The highest BCUT2D eigenvalue weighted by Gasteiger charge is 2.22. The van der Waals surface area contributed by atoms with E-state index in [4.69, 9.17) is 28.4 Å². The standard InChI is InChI=1S/C78H114O12/c1-7-13-19-25-31-37-43-73(79)85-67-52-49-61(58-70(67)88-76(82)46-40-34-28-22-16-10-4)64-55-65(62-50-53-68(86-74(80)44-38-32-26-20-14-8-2)71(59-62)89-77(83)47-41-35-29-23-17-11-5)57-66(56-64)63-51-54-69(87-75(81)45-39-33-27-21-15-9-3)72(60-63)90-78(84)48-42-36-30-24-18-12-6/h49-60H,7-48H2,1-6H3. The summed E-state index contributed by atoms with van der Waals surface area (Å²) in [6.45, 7) is 13.0. The molecule has 0 bridgehead atoms. The largest absolute Gasteiger partial charge is 0.423 e. The Morgan fingerprint density at radius 2 is 0.367 bits per heavy atom. The number of esters is 6. The Morgan fingerprint density at radius 3 is 0.556 bits per heavy atom. The summed E-state index contributed by atoms with van der Waals surface area (Å²) in [6, 6.07) is 21.5. The highest BCUT2D eigenvalue weighted by Crippen LogP contribution is 2.42. The van der Waals surface area contributed by atoms with Crippen molar-refractivity contribution in [2.45, 2.75) is 311 Å². The van der Waals surface area contributed by atoms with Crippen molar-refractivity contribution in [1.82, 2.24) is 0 Å². The summed E-state index contributed by atoms with van der Waals surface area (Å²) in [4.78, 5) is 81.4. The fraction of sp³-hybridized carbons (Fsp3) is 0.615. The molecule has 0 heterocycles. The van der Waals surface area contributed by atoms with Crippen molar-refractivity contribution in [2.24, 2.45) is 0 Å². The van der Waals surface area contributed by atoms with Crippen LogP contribution in [0.4, 0.5) is 0 Å². The molecule has 0 aliphatic carbocycles. The maximum Gasteiger partial charge on any atom is 0.311 e. The Labute approximate surface area is 542 Å². The van der Waals surface area contributed by atoms with Crippen molar-refractivity contribution in [3.63, 3.8) is 0 Å². The summed E-state index contributed by atoms with van der Waals surface area (Å²) >= 11 is 0. The van der Waals surface area contributed by atoms with Crippen LogP contribution in [-0.4, -0.2) is 35.8 Å². The normalized spacial score (nSPS) is 11.1. The molecule has 12 nitrogen and oxygen atoms in total. The van der Waals surface area contributed by atoms with Gasteiger partial charge in [0.15, 0.2) is 34.5 Å². The zero-order valence-electron chi connectivity index (χ0n) is 56.5. The van der Waals surface area contributed by atoms with E-state index in [9.17, 15) is 28.8 Å². The van der Waals surface area contributed by atoms with Crippen molar-refractivity contribution < 1.29 is 57.2 Å². The van der Waals surface area contributed by atoms with Gasteiger partial charge in [-0.25, -0.2) is 0 Å². The summed E-state index contributed by atoms with van der Waals surface area (Å²) in [6.07, 6.45) is 37.4. The number of unbranched alkanes of at least 4 members (excludes halogenated alkanes) is 30. The zero-order chi connectivity index (χ0) is 64.8. The molecule has 0 saturated carbocycles. The van der Waals surface area contributed by atoms with Crippen LogP contribution in [0.25, 0.3) is 33.4 Å². The van der Waals surface area contributed by atoms with Gasteiger partial charge in [0, 0.05) is 38.5 Å². The average Bonchev–Trinajstić information content (AvgIpc) is 0.957. The maximum absolute atomic E-state index is 13.7. The first-order valence-corrected chi connectivity index (χ1v) is 35.7. The van der Waals surface area contributed by atoms with Gasteiger partial charge in [0.25, 0.3) is 0 Å². The molecule has 0 unspecified atom stereocenters. The molecular formula is C78H114O12. The highest BCUT2D eigenvalue weighted by molar-refractivity contribution is 5.86. The SMILES string of the molecule is CCCCCCCCC(=O)Oc1ccc(-c2cc(-c3ccc(OC(=O)CCCCCCCC)c(OC(=O)CCCCCCCC)c3)cc(-c3ccc(OC(=O)CCCCCCCC)c(OC(=O)CCCCCCCC)c3)c2)cc1OC(=O)CCCCCCCC. The summed E-state index contributed by atoms with van der Waals surface area (Å²) in [5.74, 6) is -1.72. The van der Waals surface area contributed by atoms with Gasteiger partial charge >= 0.3 is 35.8 Å². The lowest BCUT2D eigenvalue weighted by atomic mass is 9.93. The predicted octanol–water partition coefficient (Wildman–Crippen LogP) is 22.6. The molecule has 0 amide bonds. The third kappa shape index (κ3) is 32.1. The van der Waals surface area contributed by atoms with Gasteiger partial charge in [-0.3, -0.25) is 28.8 Å². The van der Waals surface area contributed by atoms with Crippen LogP contribution in [-0.2, 0) is 28.8 Å². The minimum atomic E-state index is -0.428. The number of hydrogen-bond acceptors (Lipinski definition) is 12.